The lowest BCUT2D eigenvalue weighted by Crippen LogP contribution is -2.52. The molecule has 1 spiro atoms. The molecular formula is C28H27ClFN3O5. The van der Waals surface area contributed by atoms with Crippen molar-refractivity contribution < 1.29 is 23.8 Å². The first kappa shape index (κ1) is 25.9. The second-order valence-corrected chi connectivity index (χ2v) is 9.99. The fraction of sp³-hybridized carbons (Fsp3) is 0.321. The van der Waals surface area contributed by atoms with E-state index in [9.17, 15) is 23.9 Å². The molecule has 2 heterocycles. The smallest absolute Gasteiger partial charge is 0.275 e. The summed E-state index contributed by atoms with van der Waals surface area (Å²) in [6, 6.07) is 13.6. The number of benzene rings is 2. The number of likely N-dealkylation sites (N-methyl/N-ethyl adjacent to an activating group) is 1. The highest BCUT2D eigenvalue weighted by Crippen LogP contribution is 2.52. The maximum Gasteiger partial charge on any atom is 0.275 e. The number of nitrogens with one attached hydrogen (secondary N) is 1. The van der Waals surface area contributed by atoms with Gasteiger partial charge in [0.2, 0.25) is 5.43 Å². The number of fused-ring (bicyclic) bond motifs is 1. The van der Waals surface area contributed by atoms with Crippen molar-refractivity contribution in [3.05, 3.63) is 98.2 Å². The quantitative estimate of drug-likeness (QED) is 0.457. The van der Waals surface area contributed by atoms with Crippen LogP contribution in [0.1, 0.15) is 45.3 Å². The SMILES string of the molecule is CCN1C(=O)c2c(OCc3ccccc3)c(=O)c(C(=O)NCc3cccc(Cl)c3F)cn2C[C@]12C[C@H]2CO. The van der Waals surface area contributed by atoms with Crippen LogP contribution in [0.4, 0.5) is 4.39 Å². The summed E-state index contributed by atoms with van der Waals surface area (Å²) in [5.41, 5.74) is -0.525. The van der Waals surface area contributed by atoms with E-state index >= 15 is 0 Å². The summed E-state index contributed by atoms with van der Waals surface area (Å²) in [6.45, 7) is 2.31. The summed E-state index contributed by atoms with van der Waals surface area (Å²) >= 11 is 5.84. The number of aliphatic hydroxyl groups excluding tert-OH is 1. The Morgan fingerprint density at radius 2 is 1.97 bits per heavy atom. The minimum atomic E-state index is -0.733. The Kier molecular flexibility index (Phi) is 6.98. The number of aliphatic hydroxyl groups is 1. The lowest BCUT2D eigenvalue weighted by molar-refractivity contribution is 0.0504. The lowest BCUT2D eigenvalue weighted by Gasteiger charge is -2.39. The molecular weight excluding hydrogens is 513 g/mol. The fourth-order valence-electron chi connectivity index (χ4n) is 5.26. The number of rotatable bonds is 8. The average Bonchev–Trinajstić information content (AvgIpc) is 3.62. The summed E-state index contributed by atoms with van der Waals surface area (Å²) in [5, 5.41) is 12.3. The van der Waals surface area contributed by atoms with Crippen LogP contribution in [0.5, 0.6) is 5.75 Å². The molecule has 2 aromatic carbocycles. The predicted molar refractivity (Wildman–Crippen MR) is 139 cm³/mol. The zero-order chi connectivity index (χ0) is 27.0. The number of carbonyl (C=O) groups is 2. The molecule has 0 radical (unpaired) electrons. The van der Waals surface area contributed by atoms with Gasteiger partial charge in [0, 0.05) is 43.9 Å². The van der Waals surface area contributed by atoms with Gasteiger partial charge in [-0.3, -0.25) is 14.4 Å². The second kappa shape index (κ2) is 10.2. The summed E-state index contributed by atoms with van der Waals surface area (Å²) in [7, 11) is 0. The van der Waals surface area contributed by atoms with Crippen molar-refractivity contribution in [1.29, 1.82) is 0 Å². The number of aromatic nitrogens is 1. The fourth-order valence-corrected chi connectivity index (χ4v) is 5.45. The van der Waals surface area contributed by atoms with Crippen molar-refractivity contribution in [2.75, 3.05) is 13.2 Å². The monoisotopic (exact) mass is 539 g/mol. The molecule has 1 aliphatic carbocycles. The zero-order valence-corrected chi connectivity index (χ0v) is 21.5. The Hall–Kier alpha value is -3.69. The molecule has 2 atom stereocenters. The molecule has 0 bridgehead atoms. The standard InChI is InChI=1S/C28H27ClFN3O5/c1-2-33-27(37)23-25(38-15-17-7-4-3-5-8-17)24(35)20(13-32(23)16-28(33)11-19(28)14-34)26(36)31-12-18-9-6-10-21(29)22(18)30/h3-10,13,19,34H,2,11-12,14-16H2,1H3,(H,31,36)/t19-,28-/m0/s1. The normalized spacial score (nSPS) is 19.8. The number of ether oxygens (including phenoxy) is 1. The zero-order valence-electron chi connectivity index (χ0n) is 20.7. The van der Waals surface area contributed by atoms with E-state index in [1.165, 1.54) is 18.3 Å². The number of halogens is 2. The molecule has 0 unspecified atom stereocenters. The van der Waals surface area contributed by atoms with Crippen LogP contribution >= 0.6 is 11.6 Å². The van der Waals surface area contributed by atoms with Crippen LogP contribution in [0.25, 0.3) is 0 Å². The Balaban J connectivity index is 1.53. The predicted octanol–water partition coefficient (Wildman–Crippen LogP) is 3.38. The average molecular weight is 540 g/mol. The molecule has 1 fully saturated rings. The Labute approximate surface area is 223 Å². The molecule has 5 rings (SSSR count). The highest BCUT2D eigenvalue weighted by Gasteiger charge is 2.61. The van der Waals surface area contributed by atoms with E-state index in [4.69, 9.17) is 16.3 Å². The Morgan fingerprint density at radius 3 is 2.66 bits per heavy atom. The molecule has 2 N–H and O–H groups in total. The van der Waals surface area contributed by atoms with E-state index in [0.717, 1.165) is 5.56 Å². The molecule has 2 amide bonds. The minimum Gasteiger partial charge on any atom is -0.483 e. The number of hydrogen-bond acceptors (Lipinski definition) is 5. The maximum absolute atomic E-state index is 14.3. The van der Waals surface area contributed by atoms with Gasteiger partial charge in [-0.1, -0.05) is 54.1 Å². The first-order valence-electron chi connectivity index (χ1n) is 12.4. The van der Waals surface area contributed by atoms with Gasteiger partial charge < -0.3 is 24.6 Å². The lowest BCUT2D eigenvalue weighted by atomic mass is 10.0. The van der Waals surface area contributed by atoms with Gasteiger partial charge in [0.25, 0.3) is 11.8 Å². The van der Waals surface area contributed by atoms with Gasteiger partial charge in [0.15, 0.2) is 11.4 Å². The van der Waals surface area contributed by atoms with Crippen molar-refractivity contribution in [2.24, 2.45) is 5.92 Å². The Morgan fingerprint density at radius 1 is 1.21 bits per heavy atom. The van der Waals surface area contributed by atoms with Gasteiger partial charge in [-0.25, -0.2) is 4.39 Å². The highest BCUT2D eigenvalue weighted by atomic mass is 35.5. The molecule has 1 saturated carbocycles. The molecule has 1 aromatic heterocycles. The van der Waals surface area contributed by atoms with Crippen LogP contribution in [0, 0.1) is 11.7 Å². The third-order valence-corrected chi connectivity index (χ3v) is 7.64. The summed E-state index contributed by atoms with van der Waals surface area (Å²) in [5.74, 6) is -2.09. The van der Waals surface area contributed by atoms with E-state index in [-0.39, 0.29) is 59.2 Å². The van der Waals surface area contributed by atoms with Gasteiger partial charge in [-0.2, -0.15) is 0 Å². The van der Waals surface area contributed by atoms with E-state index in [1.54, 1.807) is 15.5 Å². The first-order chi connectivity index (χ1) is 18.3. The van der Waals surface area contributed by atoms with Gasteiger partial charge in [-0.15, -0.1) is 0 Å². The van der Waals surface area contributed by atoms with Crippen LogP contribution in [0.2, 0.25) is 5.02 Å². The third-order valence-electron chi connectivity index (χ3n) is 7.35. The summed E-state index contributed by atoms with van der Waals surface area (Å²) in [4.78, 5) is 42.1. The topological polar surface area (TPSA) is 101 Å². The largest absolute Gasteiger partial charge is 0.483 e. The molecule has 0 saturated heterocycles. The van der Waals surface area contributed by atoms with Crippen LogP contribution < -0.4 is 15.5 Å². The van der Waals surface area contributed by atoms with Crippen LogP contribution in [0.15, 0.2) is 59.5 Å². The Bertz CT molecular complexity index is 1460. The molecule has 38 heavy (non-hydrogen) atoms. The van der Waals surface area contributed by atoms with E-state index in [0.29, 0.717) is 19.5 Å². The summed E-state index contributed by atoms with van der Waals surface area (Å²) < 4.78 is 21.8. The minimum absolute atomic E-state index is 0.0195. The van der Waals surface area contributed by atoms with Crippen LogP contribution in [0.3, 0.4) is 0 Å². The van der Waals surface area contributed by atoms with Gasteiger partial charge in [0.05, 0.1) is 10.6 Å². The number of pyridine rings is 1. The van der Waals surface area contributed by atoms with Crippen molar-refractivity contribution in [1.82, 2.24) is 14.8 Å². The third kappa shape index (κ3) is 4.46. The molecule has 198 valence electrons. The highest BCUT2D eigenvalue weighted by molar-refractivity contribution is 6.30. The first-order valence-corrected chi connectivity index (χ1v) is 12.8. The number of nitrogens with zero attached hydrogens (tertiary/aromatic N) is 2. The summed E-state index contributed by atoms with van der Waals surface area (Å²) in [6.07, 6.45) is 1.97. The van der Waals surface area contributed by atoms with Crippen molar-refractivity contribution in [2.45, 2.75) is 38.6 Å². The van der Waals surface area contributed by atoms with E-state index in [1.807, 2.05) is 37.3 Å². The van der Waals surface area contributed by atoms with Crippen LogP contribution in [-0.4, -0.2) is 45.1 Å². The maximum atomic E-state index is 14.3. The molecule has 2 aliphatic rings. The molecule has 1 aliphatic heterocycles. The van der Waals surface area contributed by atoms with Crippen LogP contribution in [-0.2, 0) is 19.7 Å². The van der Waals surface area contributed by atoms with Gasteiger partial charge in [0.1, 0.15) is 18.0 Å². The number of carbonyl (C=O) groups excluding carboxylic acids is 2. The van der Waals surface area contributed by atoms with Crippen molar-refractivity contribution in [3.63, 3.8) is 0 Å². The number of hydrogen-bond donors (Lipinski definition) is 2. The molecule has 8 nitrogen and oxygen atoms in total. The van der Waals surface area contributed by atoms with Crippen molar-refractivity contribution >= 4 is 23.4 Å². The number of amides is 2. The van der Waals surface area contributed by atoms with Gasteiger partial charge >= 0.3 is 0 Å². The van der Waals surface area contributed by atoms with Crippen molar-refractivity contribution in [3.8, 4) is 5.75 Å². The molecule has 3 aromatic rings. The van der Waals surface area contributed by atoms with E-state index in [2.05, 4.69) is 5.32 Å². The van der Waals surface area contributed by atoms with Gasteiger partial charge in [-0.05, 0) is 25.0 Å². The van der Waals surface area contributed by atoms with E-state index < -0.39 is 22.7 Å². The second-order valence-electron chi connectivity index (χ2n) is 9.58. The molecule has 10 heteroatoms.